The summed E-state index contributed by atoms with van der Waals surface area (Å²) >= 11 is 0. The lowest BCUT2D eigenvalue weighted by Crippen LogP contribution is -1.95. The molecule has 5 heteroatoms. The van der Waals surface area contributed by atoms with Crippen LogP contribution >= 0.6 is 0 Å². The average Bonchev–Trinajstić information content (AvgIpc) is 2.43. The van der Waals surface area contributed by atoms with Gasteiger partial charge in [0.15, 0.2) is 11.5 Å². The van der Waals surface area contributed by atoms with Crippen LogP contribution in [0.3, 0.4) is 0 Å². The fourth-order valence-corrected chi connectivity index (χ4v) is 1.72. The summed E-state index contributed by atoms with van der Waals surface area (Å²) in [6.07, 6.45) is 0. The Hall–Kier alpha value is -2.48. The Morgan fingerprint density at radius 2 is 1.67 bits per heavy atom. The molecule has 2 aromatic rings. The van der Waals surface area contributed by atoms with Crippen LogP contribution in [0.2, 0.25) is 0 Å². The van der Waals surface area contributed by atoms with Crippen LogP contribution in [0.1, 0.15) is 5.56 Å². The quantitative estimate of drug-likeness (QED) is 0.827. The van der Waals surface area contributed by atoms with Crippen LogP contribution in [0.5, 0.6) is 17.4 Å². The number of methoxy groups -OCH3 is 3. The Bertz CT molecular complexity index is 632. The number of aromatic nitrogens is 1. The van der Waals surface area contributed by atoms with Crippen molar-refractivity contribution in [3.8, 4) is 23.4 Å². The van der Waals surface area contributed by atoms with Crippen LogP contribution in [-0.2, 0) is 0 Å². The SMILES string of the molecule is COc1cc2cc(C#N)c(OC)nc2cc1OC. The van der Waals surface area contributed by atoms with Crippen molar-refractivity contribution in [2.24, 2.45) is 0 Å². The molecule has 0 aliphatic rings. The van der Waals surface area contributed by atoms with Crippen LogP contribution in [0, 0.1) is 11.3 Å². The van der Waals surface area contributed by atoms with Crippen molar-refractivity contribution in [1.82, 2.24) is 4.98 Å². The largest absolute Gasteiger partial charge is 0.493 e. The van der Waals surface area contributed by atoms with Crippen LogP contribution in [0.15, 0.2) is 18.2 Å². The molecule has 18 heavy (non-hydrogen) atoms. The maximum absolute atomic E-state index is 9.01. The van der Waals surface area contributed by atoms with Crippen molar-refractivity contribution < 1.29 is 14.2 Å². The second-order valence-corrected chi connectivity index (χ2v) is 3.56. The predicted octanol–water partition coefficient (Wildman–Crippen LogP) is 2.13. The highest BCUT2D eigenvalue weighted by Gasteiger charge is 2.11. The monoisotopic (exact) mass is 244 g/mol. The highest BCUT2D eigenvalue weighted by Crippen LogP contribution is 2.33. The van der Waals surface area contributed by atoms with Gasteiger partial charge in [0, 0.05) is 11.5 Å². The summed E-state index contributed by atoms with van der Waals surface area (Å²) in [5, 5.41) is 9.81. The zero-order chi connectivity index (χ0) is 13.1. The molecule has 0 spiro atoms. The lowest BCUT2D eigenvalue weighted by atomic mass is 10.1. The normalized spacial score (nSPS) is 9.89. The maximum atomic E-state index is 9.01. The predicted molar refractivity (Wildman–Crippen MR) is 66.1 cm³/mol. The zero-order valence-corrected chi connectivity index (χ0v) is 10.4. The highest BCUT2D eigenvalue weighted by molar-refractivity contribution is 5.84. The number of pyridine rings is 1. The van der Waals surface area contributed by atoms with Crippen molar-refractivity contribution in [2.75, 3.05) is 21.3 Å². The van der Waals surface area contributed by atoms with E-state index in [1.807, 2.05) is 6.07 Å². The lowest BCUT2D eigenvalue weighted by Gasteiger charge is -2.10. The molecule has 0 saturated carbocycles. The van der Waals surface area contributed by atoms with Crippen molar-refractivity contribution in [1.29, 1.82) is 5.26 Å². The Kier molecular flexibility index (Phi) is 3.20. The standard InChI is InChI=1S/C13H12N2O3/c1-16-11-5-8-4-9(7-14)13(18-3)15-10(8)6-12(11)17-2/h4-6H,1-3H3. The van der Waals surface area contributed by atoms with Crippen molar-refractivity contribution in [3.63, 3.8) is 0 Å². The Labute approximate surface area is 105 Å². The molecular weight excluding hydrogens is 232 g/mol. The van der Waals surface area contributed by atoms with E-state index in [-0.39, 0.29) is 0 Å². The molecule has 2 rings (SSSR count). The Balaban J connectivity index is 2.74. The molecular formula is C13H12N2O3. The molecule has 0 atom stereocenters. The third-order valence-corrected chi connectivity index (χ3v) is 2.60. The smallest absolute Gasteiger partial charge is 0.231 e. The van der Waals surface area contributed by atoms with Crippen molar-refractivity contribution in [2.45, 2.75) is 0 Å². The van der Waals surface area contributed by atoms with Gasteiger partial charge in [-0.2, -0.15) is 5.26 Å². The van der Waals surface area contributed by atoms with Gasteiger partial charge >= 0.3 is 0 Å². The van der Waals surface area contributed by atoms with Gasteiger partial charge in [-0.1, -0.05) is 0 Å². The van der Waals surface area contributed by atoms with Gasteiger partial charge in [-0.25, -0.2) is 4.98 Å². The zero-order valence-electron chi connectivity index (χ0n) is 10.4. The molecule has 0 saturated heterocycles. The van der Waals surface area contributed by atoms with Gasteiger partial charge in [0.2, 0.25) is 5.88 Å². The fraction of sp³-hybridized carbons (Fsp3) is 0.231. The van der Waals surface area contributed by atoms with E-state index in [1.54, 1.807) is 32.4 Å². The number of hydrogen-bond donors (Lipinski definition) is 0. The summed E-state index contributed by atoms with van der Waals surface area (Å²) in [6.45, 7) is 0. The molecule has 5 nitrogen and oxygen atoms in total. The molecule has 0 aliphatic carbocycles. The molecule has 0 aliphatic heterocycles. The lowest BCUT2D eigenvalue weighted by molar-refractivity contribution is 0.355. The minimum absolute atomic E-state index is 0.303. The molecule has 0 amide bonds. The van der Waals surface area contributed by atoms with E-state index in [1.165, 1.54) is 7.11 Å². The highest BCUT2D eigenvalue weighted by atomic mass is 16.5. The first-order valence-corrected chi connectivity index (χ1v) is 5.24. The van der Waals surface area contributed by atoms with Crippen LogP contribution in [0.25, 0.3) is 10.9 Å². The molecule has 0 fully saturated rings. The number of fused-ring (bicyclic) bond motifs is 1. The first kappa shape index (κ1) is 12.0. The third-order valence-electron chi connectivity index (χ3n) is 2.60. The number of nitriles is 1. The second kappa shape index (κ2) is 4.80. The number of ether oxygens (including phenoxy) is 3. The van der Waals surface area contributed by atoms with Crippen LogP contribution < -0.4 is 14.2 Å². The summed E-state index contributed by atoms with van der Waals surface area (Å²) in [4.78, 5) is 4.27. The first-order chi connectivity index (χ1) is 8.73. The van der Waals surface area contributed by atoms with Gasteiger partial charge in [-0.05, 0) is 12.1 Å². The fourth-order valence-electron chi connectivity index (χ4n) is 1.72. The van der Waals surface area contributed by atoms with Gasteiger partial charge in [-0.15, -0.1) is 0 Å². The summed E-state index contributed by atoms with van der Waals surface area (Å²) < 4.78 is 15.5. The molecule has 0 unspecified atom stereocenters. The minimum Gasteiger partial charge on any atom is -0.493 e. The van der Waals surface area contributed by atoms with E-state index in [0.717, 1.165) is 5.39 Å². The molecule has 1 aromatic heterocycles. The number of rotatable bonds is 3. The molecule has 0 N–H and O–H groups in total. The molecule has 0 bridgehead atoms. The van der Waals surface area contributed by atoms with E-state index < -0.39 is 0 Å². The maximum Gasteiger partial charge on any atom is 0.231 e. The van der Waals surface area contributed by atoms with E-state index in [0.29, 0.717) is 28.5 Å². The number of nitrogens with zero attached hydrogens (tertiary/aromatic N) is 2. The van der Waals surface area contributed by atoms with Gasteiger partial charge in [0.25, 0.3) is 0 Å². The Morgan fingerprint density at radius 3 is 2.22 bits per heavy atom. The van der Waals surface area contributed by atoms with Crippen LogP contribution in [0.4, 0.5) is 0 Å². The van der Waals surface area contributed by atoms with E-state index >= 15 is 0 Å². The summed E-state index contributed by atoms with van der Waals surface area (Å²) in [7, 11) is 4.60. The third kappa shape index (κ3) is 1.89. The topological polar surface area (TPSA) is 64.4 Å². The van der Waals surface area contributed by atoms with Gasteiger partial charge in [0.1, 0.15) is 11.6 Å². The summed E-state index contributed by atoms with van der Waals surface area (Å²) in [6, 6.07) is 7.28. The van der Waals surface area contributed by atoms with Gasteiger partial charge in [-0.3, -0.25) is 0 Å². The van der Waals surface area contributed by atoms with Crippen molar-refractivity contribution in [3.05, 3.63) is 23.8 Å². The second-order valence-electron chi connectivity index (χ2n) is 3.56. The Morgan fingerprint density at radius 1 is 1.00 bits per heavy atom. The van der Waals surface area contributed by atoms with Gasteiger partial charge in [0.05, 0.1) is 26.8 Å². The summed E-state index contributed by atoms with van der Waals surface area (Å²) in [5.41, 5.74) is 1.07. The molecule has 92 valence electrons. The van der Waals surface area contributed by atoms with Crippen LogP contribution in [-0.4, -0.2) is 26.3 Å². The van der Waals surface area contributed by atoms with E-state index in [4.69, 9.17) is 19.5 Å². The summed E-state index contributed by atoms with van der Waals surface area (Å²) in [5.74, 6) is 1.49. The van der Waals surface area contributed by atoms with E-state index in [9.17, 15) is 0 Å². The number of hydrogen-bond acceptors (Lipinski definition) is 5. The van der Waals surface area contributed by atoms with Crippen molar-refractivity contribution >= 4 is 10.9 Å². The minimum atomic E-state index is 0.303. The average molecular weight is 244 g/mol. The number of benzene rings is 1. The first-order valence-electron chi connectivity index (χ1n) is 5.24. The molecule has 1 aromatic carbocycles. The van der Waals surface area contributed by atoms with E-state index in [2.05, 4.69) is 4.98 Å². The molecule has 1 heterocycles. The van der Waals surface area contributed by atoms with Gasteiger partial charge < -0.3 is 14.2 Å². The molecule has 0 radical (unpaired) electrons.